The van der Waals surface area contributed by atoms with Gasteiger partial charge in [-0.3, -0.25) is 17.7 Å². The lowest BCUT2D eigenvalue weighted by molar-refractivity contribution is -0.126. The fraction of sp³-hybridized carbons (Fsp3) is 0.500. The van der Waals surface area contributed by atoms with Crippen LogP contribution in [0.2, 0.25) is 0 Å². The minimum atomic E-state index is -3.67. The van der Waals surface area contributed by atoms with Crippen LogP contribution in [0.25, 0.3) is 0 Å². The van der Waals surface area contributed by atoms with E-state index < -0.39 is 7.54 Å². The Morgan fingerprint density at radius 1 is 1.50 bits per heavy atom. The van der Waals surface area contributed by atoms with Gasteiger partial charge in [-0.15, -0.1) is 0 Å². The van der Waals surface area contributed by atoms with Crippen LogP contribution in [0.5, 0.6) is 0 Å². The Labute approximate surface area is 44.9 Å². The summed E-state index contributed by atoms with van der Waals surface area (Å²) in [7, 11) is -2.35. The van der Waals surface area contributed by atoms with Crippen LogP contribution in [0.15, 0.2) is 0 Å². The zero-order valence-electron chi connectivity index (χ0n) is 4.11. The minimum Gasteiger partial charge on any atom is -0.471 e. The third-order valence-corrected chi connectivity index (χ3v) is 0.0962. The summed E-state index contributed by atoms with van der Waals surface area (Å²) in [6, 6.07) is 0. The number of rotatable bonds is 1. The molecule has 0 radical (unpaired) electrons. The summed E-state index contributed by atoms with van der Waals surface area (Å²) in [5.41, 5.74) is 0. The molecule has 0 unspecified atom stereocenters. The molecule has 0 rings (SSSR count). The van der Waals surface area contributed by atoms with E-state index in [0.717, 1.165) is 0 Å². The highest BCUT2D eigenvalue weighted by molar-refractivity contribution is 6.33. The molecule has 2 nitrogen and oxygen atoms in total. The van der Waals surface area contributed by atoms with Gasteiger partial charge < -0.3 is 4.74 Å². The average Bonchev–Trinajstić information content (AvgIpc) is 1.65. The van der Waals surface area contributed by atoms with Crippen molar-refractivity contribution in [2.45, 2.75) is 0 Å². The summed E-state index contributed by atoms with van der Waals surface area (Å²) >= 11 is 0. The van der Waals surface area contributed by atoms with Gasteiger partial charge >= 0.3 is 7.54 Å². The van der Waals surface area contributed by atoms with E-state index >= 15 is 0 Å². The SMILES string of the molecule is COC=O.FB(F)F. The highest BCUT2D eigenvalue weighted by Crippen LogP contribution is 1.80. The van der Waals surface area contributed by atoms with Gasteiger partial charge in [0.2, 0.25) is 0 Å². The average molecular weight is 128 g/mol. The minimum absolute atomic E-state index is 0.375. The normalized spacial score (nSPS) is 6.00. The Bertz CT molecular complexity index is 47.8. The molecule has 0 aromatic rings. The highest BCUT2D eigenvalue weighted by atomic mass is 19.4. The van der Waals surface area contributed by atoms with E-state index in [-0.39, 0.29) is 0 Å². The predicted molar refractivity (Wildman–Crippen MR) is 22.2 cm³/mol. The van der Waals surface area contributed by atoms with Crippen molar-refractivity contribution in [3.05, 3.63) is 0 Å². The molecule has 0 aliphatic heterocycles. The van der Waals surface area contributed by atoms with Gasteiger partial charge in [-0.05, 0) is 0 Å². The molecule has 0 atom stereocenters. The fourth-order valence-corrected chi connectivity index (χ4v) is 0. The second-order valence-corrected chi connectivity index (χ2v) is 0.579. The molecule has 0 heterocycles. The first kappa shape index (κ1) is 10.3. The number of ether oxygens (including phenoxy) is 1. The second-order valence-electron chi connectivity index (χ2n) is 0.579. The molecule has 0 N–H and O–H groups in total. The van der Waals surface area contributed by atoms with Crippen LogP contribution in [0.1, 0.15) is 0 Å². The summed E-state index contributed by atoms with van der Waals surface area (Å²) in [4.78, 5) is 8.95. The van der Waals surface area contributed by atoms with Gasteiger partial charge in [-0.1, -0.05) is 0 Å². The summed E-state index contributed by atoms with van der Waals surface area (Å²) < 4.78 is 32.9. The van der Waals surface area contributed by atoms with E-state index in [1.165, 1.54) is 7.11 Å². The van der Waals surface area contributed by atoms with Crippen molar-refractivity contribution in [3.63, 3.8) is 0 Å². The molecular formula is C2H4BF3O2. The predicted octanol–water partition coefficient (Wildman–Crippen LogP) is 0.669. The molecule has 0 aliphatic rings. The smallest absolute Gasteiger partial charge is 0.471 e. The van der Waals surface area contributed by atoms with Crippen molar-refractivity contribution in [1.29, 1.82) is 0 Å². The lowest BCUT2D eigenvalue weighted by Crippen LogP contribution is -1.76. The molecule has 6 heteroatoms. The number of methoxy groups -OCH3 is 1. The Hall–Kier alpha value is -0.675. The number of hydrogen-bond donors (Lipinski definition) is 0. The largest absolute Gasteiger partial charge is 0.762 e. The molecule has 8 heavy (non-hydrogen) atoms. The highest BCUT2D eigenvalue weighted by Gasteiger charge is 2.06. The monoisotopic (exact) mass is 128 g/mol. The maximum Gasteiger partial charge on any atom is 0.762 e. The zero-order chi connectivity index (χ0) is 6.99. The molecule has 0 aromatic heterocycles. The molecule has 0 saturated carbocycles. The van der Waals surface area contributed by atoms with Crippen molar-refractivity contribution < 1.29 is 22.5 Å². The van der Waals surface area contributed by atoms with Gasteiger partial charge in [0.25, 0.3) is 6.47 Å². The molecule has 0 aliphatic carbocycles. The Morgan fingerprint density at radius 3 is 1.62 bits per heavy atom. The number of carbonyl (C=O) groups excluding carboxylic acids is 1. The van der Waals surface area contributed by atoms with Crippen molar-refractivity contribution in [2.75, 3.05) is 7.11 Å². The lowest BCUT2D eigenvalue weighted by atomic mass is 10.5. The molecule has 0 saturated heterocycles. The maximum atomic E-state index is 9.67. The van der Waals surface area contributed by atoms with Crippen LogP contribution in [0.4, 0.5) is 12.9 Å². The van der Waals surface area contributed by atoms with Gasteiger partial charge in [0.05, 0.1) is 7.11 Å². The fourth-order valence-electron chi connectivity index (χ4n) is 0. The van der Waals surface area contributed by atoms with Crippen LogP contribution >= 0.6 is 0 Å². The Kier molecular flexibility index (Phi) is 12.4. The van der Waals surface area contributed by atoms with E-state index in [1.54, 1.807) is 0 Å². The van der Waals surface area contributed by atoms with Crippen LogP contribution < -0.4 is 0 Å². The van der Waals surface area contributed by atoms with Crippen LogP contribution in [-0.2, 0) is 9.53 Å². The molecule has 0 fully saturated rings. The number of hydrogen-bond acceptors (Lipinski definition) is 2. The maximum absolute atomic E-state index is 9.67. The number of halogens is 3. The van der Waals surface area contributed by atoms with Gasteiger partial charge in [0.1, 0.15) is 0 Å². The molecule has 0 aromatic carbocycles. The zero-order valence-corrected chi connectivity index (χ0v) is 4.11. The summed E-state index contributed by atoms with van der Waals surface area (Å²) in [5, 5.41) is 0. The van der Waals surface area contributed by atoms with Gasteiger partial charge in [0.15, 0.2) is 0 Å². The first-order valence-electron chi connectivity index (χ1n) is 1.53. The lowest BCUT2D eigenvalue weighted by Gasteiger charge is -1.67. The first-order valence-corrected chi connectivity index (χ1v) is 1.53. The Balaban J connectivity index is 0. The van der Waals surface area contributed by atoms with Crippen molar-refractivity contribution in [2.24, 2.45) is 0 Å². The van der Waals surface area contributed by atoms with E-state index in [2.05, 4.69) is 4.74 Å². The second kappa shape index (κ2) is 9.59. The third-order valence-electron chi connectivity index (χ3n) is 0.0962. The first-order chi connectivity index (χ1) is 3.65. The quantitative estimate of drug-likeness (QED) is 0.383. The van der Waals surface area contributed by atoms with E-state index in [0.29, 0.717) is 6.47 Å². The molecule has 0 spiro atoms. The van der Waals surface area contributed by atoms with Crippen molar-refractivity contribution >= 4 is 14.0 Å². The van der Waals surface area contributed by atoms with Gasteiger partial charge in [-0.2, -0.15) is 0 Å². The number of carbonyl (C=O) groups is 1. The van der Waals surface area contributed by atoms with Gasteiger partial charge in [-0.25, -0.2) is 0 Å². The van der Waals surface area contributed by atoms with Gasteiger partial charge in [0, 0.05) is 0 Å². The standard InChI is InChI=1S/C2H4O2.BF3/c1-4-2-3;2-1(3)4/h2H,1H3;. The van der Waals surface area contributed by atoms with Crippen molar-refractivity contribution in [1.82, 2.24) is 0 Å². The van der Waals surface area contributed by atoms with Crippen LogP contribution in [-0.4, -0.2) is 21.1 Å². The van der Waals surface area contributed by atoms with Crippen molar-refractivity contribution in [3.8, 4) is 0 Å². The molecule has 0 bridgehead atoms. The Morgan fingerprint density at radius 2 is 1.62 bits per heavy atom. The van der Waals surface area contributed by atoms with E-state index in [4.69, 9.17) is 4.79 Å². The van der Waals surface area contributed by atoms with Crippen LogP contribution in [0, 0.1) is 0 Å². The van der Waals surface area contributed by atoms with E-state index in [9.17, 15) is 12.9 Å². The summed E-state index contributed by atoms with van der Waals surface area (Å²) in [6.07, 6.45) is 0. The summed E-state index contributed by atoms with van der Waals surface area (Å²) in [5.74, 6) is 0. The van der Waals surface area contributed by atoms with E-state index in [1.807, 2.05) is 0 Å². The molecule has 0 amide bonds. The topological polar surface area (TPSA) is 26.3 Å². The van der Waals surface area contributed by atoms with Crippen LogP contribution in [0.3, 0.4) is 0 Å². The summed E-state index contributed by atoms with van der Waals surface area (Å²) in [6.45, 7) is 0.375. The third kappa shape index (κ3) is 943. The molecular weight excluding hydrogens is 124 g/mol. The molecule has 48 valence electrons.